The number of benzene rings is 3. The fraction of sp³-hybridized carbons (Fsp3) is 0.115. The summed E-state index contributed by atoms with van der Waals surface area (Å²) in [7, 11) is 1.54. The van der Waals surface area contributed by atoms with E-state index in [0.29, 0.717) is 28.8 Å². The third kappa shape index (κ3) is 5.10. The molecule has 1 heterocycles. The van der Waals surface area contributed by atoms with Crippen molar-refractivity contribution in [2.24, 2.45) is 9.98 Å². The van der Waals surface area contributed by atoms with Crippen molar-refractivity contribution in [3.8, 4) is 5.75 Å². The van der Waals surface area contributed by atoms with Gasteiger partial charge < -0.3 is 10.1 Å². The molecular weight excluding hydrogens is 418 g/mol. The second kappa shape index (κ2) is 9.40. The van der Waals surface area contributed by atoms with E-state index in [4.69, 9.17) is 4.74 Å². The second-order valence-electron chi connectivity index (χ2n) is 7.52. The Kier molecular flexibility index (Phi) is 6.22. The second-order valence-corrected chi connectivity index (χ2v) is 7.52. The van der Waals surface area contributed by atoms with Crippen LogP contribution in [-0.2, 0) is 11.3 Å². The van der Waals surface area contributed by atoms with Crippen LogP contribution in [0.25, 0.3) is 0 Å². The fourth-order valence-electron chi connectivity index (χ4n) is 3.24. The van der Waals surface area contributed by atoms with Crippen LogP contribution in [0.5, 0.6) is 5.75 Å². The van der Waals surface area contributed by atoms with Gasteiger partial charge in [-0.05, 0) is 55.0 Å². The molecule has 3 aromatic carbocycles. The zero-order valence-electron chi connectivity index (χ0n) is 18.2. The Balaban J connectivity index is 1.52. The molecule has 0 aliphatic carbocycles. The van der Waals surface area contributed by atoms with Crippen LogP contribution in [0.2, 0.25) is 0 Å². The number of nitrogens with one attached hydrogen (secondary N) is 1. The van der Waals surface area contributed by atoms with E-state index < -0.39 is 5.91 Å². The van der Waals surface area contributed by atoms with E-state index >= 15 is 0 Å². The van der Waals surface area contributed by atoms with Crippen molar-refractivity contribution in [2.45, 2.75) is 13.5 Å². The molecule has 0 radical (unpaired) electrons. The van der Waals surface area contributed by atoms with Crippen LogP contribution in [0.4, 0.5) is 0 Å². The summed E-state index contributed by atoms with van der Waals surface area (Å²) in [5, 5.41) is 3.56. The highest BCUT2D eigenvalue weighted by Gasteiger charge is 2.16. The number of carbonyl (C=O) groups is 3. The van der Waals surface area contributed by atoms with Gasteiger partial charge in [0.2, 0.25) is 0 Å². The van der Waals surface area contributed by atoms with Crippen LogP contribution >= 0.6 is 0 Å². The summed E-state index contributed by atoms with van der Waals surface area (Å²) in [5.41, 5.74) is 2.85. The molecule has 3 aromatic rings. The number of hydrogen-bond donors (Lipinski definition) is 1. The molecule has 1 N–H and O–H groups in total. The normalized spacial score (nSPS) is 13.5. The lowest BCUT2D eigenvalue weighted by atomic mass is 10.1. The molecule has 33 heavy (non-hydrogen) atoms. The molecule has 164 valence electrons. The van der Waals surface area contributed by atoms with Crippen molar-refractivity contribution < 1.29 is 19.1 Å². The number of fused-ring (bicyclic) bond motifs is 1. The number of aryl methyl sites for hydroxylation is 1. The van der Waals surface area contributed by atoms with Crippen molar-refractivity contribution in [1.29, 1.82) is 0 Å². The lowest BCUT2D eigenvalue weighted by Crippen LogP contribution is -2.33. The Morgan fingerprint density at radius 3 is 2.30 bits per heavy atom. The van der Waals surface area contributed by atoms with Gasteiger partial charge in [0.1, 0.15) is 11.4 Å². The van der Waals surface area contributed by atoms with Crippen molar-refractivity contribution in [1.82, 2.24) is 5.32 Å². The van der Waals surface area contributed by atoms with Gasteiger partial charge >= 0.3 is 0 Å². The van der Waals surface area contributed by atoms with Crippen LogP contribution in [0, 0.1) is 6.92 Å². The Bertz CT molecular complexity index is 1390. The molecule has 1 aliphatic heterocycles. The molecule has 0 fully saturated rings. The standard InChI is InChI=1S/C26H21N3O4/c1-16-3-5-17(6-4-16)15-27-25(31)19-9-12-21-22(13-19)29-26(32)23(28-21)14-24(30)18-7-10-20(33-2)11-8-18/h3-14H,15H2,1-2H3,(H,27,31)/b23-14-. The molecule has 4 rings (SSSR count). The van der Waals surface area contributed by atoms with E-state index in [1.165, 1.54) is 19.3 Å². The largest absolute Gasteiger partial charge is 0.497 e. The first-order valence-corrected chi connectivity index (χ1v) is 10.3. The number of methoxy groups -OCH3 is 1. The van der Waals surface area contributed by atoms with Crippen LogP contribution in [0.3, 0.4) is 0 Å². The number of hydrogen-bond acceptors (Lipinski definition) is 5. The molecule has 0 bridgehead atoms. The number of carbonyl (C=O) groups excluding carboxylic acids is 3. The Hall–Kier alpha value is -4.39. The smallest absolute Gasteiger partial charge is 0.296 e. The van der Waals surface area contributed by atoms with Crippen molar-refractivity contribution in [3.05, 3.63) is 111 Å². The van der Waals surface area contributed by atoms with Gasteiger partial charge in [-0.3, -0.25) is 14.4 Å². The first kappa shape index (κ1) is 21.8. The molecule has 2 amide bonds. The van der Waals surface area contributed by atoms with Crippen molar-refractivity contribution >= 4 is 17.6 Å². The first-order chi connectivity index (χ1) is 15.9. The van der Waals surface area contributed by atoms with Gasteiger partial charge in [-0.2, -0.15) is 0 Å². The predicted octanol–water partition coefficient (Wildman–Crippen LogP) is 2.48. The van der Waals surface area contributed by atoms with E-state index in [2.05, 4.69) is 15.3 Å². The highest BCUT2D eigenvalue weighted by Crippen LogP contribution is 2.13. The van der Waals surface area contributed by atoms with Gasteiger partial charge in [0.25, 0.3) is 11.8 Å². The zero-order chi connectivity index (χ0) is 23.4. The summed E-state index contributed by atoms with van der Waals surface area (Å²) in [4.78, 5) is 45.8. The lowest BCUT2D eigenvalue weighted by molar-refractivity contribution is -0.114. The summed E-state index contributed by atoms with van der Waals surface area (Å²) >= 11 is 0. The molecule has 0 unspecified atom stereocenters. The van der Waals surface area contributed by atoms with Crippen LogP contribution < -0.4 is 20.8 Å². The number of ketones is 1. The summed E-state index contributed by atoms with van der Waals surface area (Å²) in [6, 6.07) is 19.2. The quantitative estimate of drug-likeness (QED) is 0.471. The van der Waals surface area contributed by atoms with Gasteiger partial charge in [0.05, 0.1) is 17.8 Å². The molecule has 1 aliphatic rings. The monoisotopic (exact) mass is 439 g/mol. The highest BCUT2D eigenvalue weighted by atomic mass is 16.5. The third-order valence-electron chi connectivity index (χ3n) is 5.14. The zero-order valence-corrected chi connectivity index (χ0v) is 18.2. The topological polar surface area (TPSA) is 97.2 Å². The predicted molar refractivity (Wildman–Crippen MR) is 122 cm³/mol. The lowest BCUT2D eigenvalue weighted by Gasteiger charge is -2.07. The van der Waals surface area contributed by atoms with Gasteiger partial charge in [0, 0.05) is 23.7 Å². The van der Waals surface area contributed by atoms with Crippen LogP contribution in [0.1, 0.15) is 31.8 Å². The number of allylic oxidation sites excluding steroid dienone is 1. The average Bonchev–Trinajstić information content (AvgIpc) is 2.83. The van der Waals surface area contributed by atoms with Gasteiger partial charge in [-0.1, -0.05) is 29.8 Å². The maximum absolute atomic E-state index is 12.5. The van der Waals surface area contributed by atoms with Crippen molar-refractivity contribution in [2.75, 3.05) is 7.11 Å². The van der Waals surface area contributed by atoms with Crippen LogP contribution in [0.15, 0.2) is 88.5 Å². The molecule has 0 aromatic heterocycles. The van der Waals surface area contributed by atoms with Crippen LogP contribution in [-0.4, -0.2) is 24.7 Å². The first-order valence-electron chi connectivity index (χ1n) is 10.3. The third-order valence-corrected chi connectivity index (χ3v) is 5.14. The highest BCUT2D eigenvalue weighted by molar-refractivity contribution is 6.09. The summed E-state index contributed by atoms with van der Waals surface area (Å²) in [5.74, 6) is -0.658. The van der Waals surface area contributed by atoms with Gasteiger partial charge in [-0.25, -0.2) is 9.98 Å². The molecule has 7 heteroatoms. The SMILES string of the molecule is COc1ccc(C(=O)/C=C2\N=c3ccc(C(=O)NCc4ccc(C)cc4)cc3=NC2=O)cc1. The maximum atomic E-state index is 12.5. The molecule has 0 saturated carbocycles. The summed E-state index contributed by atoms with van der Waals surface area (Å²) < 4.78 is 5.08. The van der Waals surface area contributed by atoms with E-state index in [9.17, 15) is 14.4 Å². The van der Waals surface area contributed by atoms with Gasteiger partial charge in [-0.15, -0.1) is 0 Å². The Morgan fingerprint density at radius 1 is 0.909 bits per heavy atom. The molecule has 0 atom stereocenters. The van der Waals surface area contributed by atoms with Gasteiger partial charge in [0.15, 0.2) is 5.78 Å². The minimum absolute atomic E-state index is 0.0557. The minimum Gasteiger partial charge on any atom is -0.497 e. The van der Waals surface area contributed by atoms with E-state index in [0.717, 1.165) is 11.1 Å². The number of nitrogens with zero attached hydrogens (tertiary/aromatic N) is 2. The fourth-order valence-corrected chi connectivity index (χ4v) is 3.24. The molecule has 0 spiro atoms. The average molecular weight is 439 g/mol. The molecular formula is C26H21N3O4. The molecule has 0 saturated heterocycles. The van der Waals surface area contributed by atoms with Crippen molar-refractivity contribution in [3.63, 3.8) is 0 Å². The van der Waals surface area contributed by atoms with E-state index in [-0.39, 0.29) is 22.7 Å². The van der Waals surface area contributed by atoms with E-state index in [1.54, 1.807) is 36.4 Å². The number of amides is 2. The Morgan fingerprint density at radius 2 is 1.61 bits per heavy atom. The summed E-state index contributed by atoms with van der Waals surface area (Å²) in [6.07, 6.45) is 1.17. The Labute approximate surface area is 190 Å². The number of ether oxygens (including phenoxy) is 1. The van der Waals surface area contributed by atoms with E-state index in [1.807, 2.05) is 31.2 Å². The summed E-state index contributed by atoms with van der Waals surface area (Å²) in [6.45, 7) is 2.39. The minimum atomic E-state index is -0.637. The maximum Gasteiger partial charge on any atom is 0.296 e. The molecule has 7 nitrogen and oxygen atoms in total. The number of rotatable bonds is 6.